The molecule has 0 bridgehead atoms. The molecule has 23 heavy (non-hydrogen) atoms. The van der Waals surface area contributed by atoms with E-state index >= 15 is 0 Å². The van der Waals surface area contributed by atoms with Gasteiger partial charge in [-0.15, -0.1) is 0 Å². The van der Waals surface area contributed by atoms with Gasteiger partial charge in [0.2, 0.25) is 0 Å². The van der Waals surface area contributed by atoms with E-state index in [1.54, 1.807) is 6.92 Å². The summed E-state index contributed by atoms with van der Waals surface area (Å²) < 4.78 is 6.51. The average molecular weight is 336 g/mol. The van der Waals surface area contributed by atoms with Crippen LogP contribution in [0.4, 0.5) is 0 Å². The minimum Gasteiger partial charge on any atom is -0.449 e. The molecule has 0 aliphatic rings. The molecule has 122 valence electrons. The topological polar surface area (TPSA) is 87.2 Å². The van der Waals surface area contributed by atoms with E-state index in [1.807, 2.05) is 31.2 Å². The predicted molar refractivity (Wildman–Crippen MR) is 86.3 cm³/mol. The number of aromatic nitrogens is 2. The van der Waals surface area contributed by atoms with Crippen molar-refractivity contribution < 1.29 is 14.3 Å². The van der Waals surface area contributed by atoms with Gasteiger partial charge in [-0.25, -0.2) is 9.48 Å². The van der Waals surface area contributed by atoms with Crippen LogP contribution in [0, 0.1) is 13.8 Å². The van der Waals surface area contributed by atoms with Gasteiger partial charge in [-0.3, -0.25) is 4.79 Å². The maximum absolute atomic E-state index is 12.1. The van der Waals surface area contributed by atoms with Crippen LogP contribution >= 0.6 is 11.6 Å². The Hall–Kier alpha value is -2.34. The molecule has 2 N–H and O–H groups in total. The summed E-state index contributed by atoms with van der Waals surface area (Å²) >= 11 is 6.25. The highest BCUT2D eigenvalue weighted by Gasteiger charge is 2.24. The van der Waals surface area contributed by atoms with Crippen LogP contribution in [-0.2, 0) is 16.1 Å². The number of rotatable bonds is 5. The Kier molecular flexibility index (Phi) is 5.05. The number of carbonyl (C=O) groups excluding carboxylic acids is 2. The quantitative estimate of drug-likeness (QED) is 0.849. The van der Waals surface area contributed by atoms with Crippen LogP contribution < -0.4 is 5.73 Å². The number of benzene rings is 1. The van der Waals surface area contributed by atoms with Crippen LogP contribution in [0.15, 0.2) is 24.3 Å². The average Bonchev–Trinajstić information content (AvgIpc) is 2.75. The van der Waals surface area contributed by atoms with Crippen LogP contribution in [-0.4, -0.2) is 27.8 Å². The second kappa shape index (κ2) is 6.83. The number of primary amides is 1. The second-order valence-electron chi connectivity index (χ2n) is 5.34. The van der Waals surface area contributed by atoms with Crippen molar-refractivity contribution in [2.75, 3.05) is 0 Å². The molecule has 0 spiro atoms. The van der Waals surface area contributed by atoms with Gasteiger partial charge in [0.25, 0.3) is 5.91 Å². The Morgan fingerprint density at radius 1 is 1.30 bits per heavy atom. The van der Waals surface area contributed by atoms with Crippen molar-refractivity contribution in [3.05, 3.63) is 51.8 Å². The molecule has 0 aliphatic carbocycles. The molecular formula is C16H18ClN3O3. The van der Waals surface area contributed by atoms with E-state index < -0.39 is 18.0 Å². The Morgan fingerprint density at radius 2 is 1.91 bits per heavy atom. The molecule has 0 fully saturated rings. The number of aryl methyl sites for hydroxylation is 2. The third kappa shape index (κ3) is 3.90. The van der Waals surface area contributed by atoms with E-state index in [0.717, 1.165) is 11.1 Å². The molecule has 0 saturated carbocycles. The smallest absolute Gasteiger partial charge is 0.343 e. The SMILES string of the molecule is Cc1ccc(Cn2nc(C)c(C(=O)O[C@@H](C)C(N)=O)c2Cl)cc1. The van der Waals surface area contributed by atoms with Crippen LogP contribution in [0.3, 0.4) is 0 Å². The second-order valence-corrected chi connectivity index (χ2v) is 5.70. The number of ether oxygens (including phenoxy) is 1. The van der Waals surface area contributed by atoms with Gasteiger partial charge in [-0.1, -0.05) is 41.4 Å². The van der Waals surface area contributed by atoms with Gasteiger partial charge < -0.3 is 10.5 Å². The Bertz CT molecular complexity index is 738. The highest BCUT2D eigenvalue weighted by atomic mass is 35.5. The standard InChI is InChI=1S/C16H18ClN3O3/c1-9-4-6-12(7-5-9)8-20-14(17)13(10(2)19-20)16(22)23-11(3)15(18)21/h4-7,11H,8H2,1-3H3,(H2,18,21)/t11-/m0/s1. The van der Waals surface area contributed by atoms with Crippen molar-refractivity contribution in [3.63, 3.8) is 0 Å². The van der Waals surface area contributed by atoms with Crippen molar-refractivity contribution >= 4 is 23.5 Å². The molecule has 0 aliphatic heterocycles. The molecule has 1 aromatic heterocycles. The maximum Gasteiger partial charge on any atom is 0.343 e. The van der Waals surface area contributed by atoms with Gasteiger partial charge in [-0.2, -0.15) is 5.10 Å². The Morgan fingerprint density at radius 3 is 2.48 bits per heavy atom. The van der Waals surface area contributed by atoms with E-state index in [2.05, 4.69) is 5.10 Å². The van der Waals surface area contributed by atoms with Gasteiger partial charge in [0.15, 0.2) is 6.10 Å². The van der Waals surface area contributed by atoms with Crippen LogP contribution in [0.1, 0.15) is 34.1 Å². The lowest BCUT2D eigenvalue weighted by Gasteiger charge is -2.09. The van der Waals surface area contributed by atoms with E-state index in [9.17, 15) is 9.59 Å². The van der Waals surface area contributed by atoms with Crippen molar-refractivity contribution in [2.24, 2.45) is 5.73 Å². The first-order chi connectivity index (χ1) is 10.8. The van der Waals surface area contributed by atoms with Crippen molar-refractivity contribution in [1.29, 1.82) is 0 Å². The van der Waals surface area contributed by atoms with Crippen LogP contribution in [0.25, 0.3) is 0 Å². The van der Waals surface area contributed by atoms with E-state index in [0.29, 0.717) is 12.2 Å². The summed E-state index contributed by atoms with van der Waals surface area (Å²) in [5.41, 5.74) is 7.83. The number of nitrogens with zero attached hydrogens (tertiary/aromatic N) is 2. The van der Waals surface area contributed by atoms with E-state index in [1.165, 1.54) is 11.6 Å². The molecule has 7 heteroatoms. The van der Waals surface area contributed by atoms with Crippen LogP contribution in [0.2, 0.25) is 5.15 Å². The highest BCUT2D eigenvalue weighted by Crippen LogP contribution is 2.22. The number of amides is 1. The largest absolute Gasteiger partial charge is 0.449 e. The zero-order valence-corrected chi connectivity index (χ0v) is 13.9. The summed E-state index contributed by atoms with van der Waals surface area (Å²) in [7, 11) is 0. The lowest BCUT2D eigenvalue weighted by molar-refractivity contribution is -0.125. The number of carbonyl (C=O) groups is 2. The normalized spacial score (nSPS) is 12.0. The number of hydrogen-bond acceptors (Lipinski definition) is 4. The molecule has 0 saturated heterocycles. The van der Waals surface area contributed by atoms with E-state index in [-0.39, 0.29) is 10.7 Å². The first kappa shape index (κ1) is 17.0. The fraction of sp³-hybridized carbons (Fsp3) is 0.312. The number of esters is 1. The Balaban J connectivity index is 2.23. The van der Waals surface area contributed by atoms with E-state index in [4.69, 9.17) is 22.1 Å². The first-order valence-corrected chi connectivity index (χ1v) is 7.46. The monoisotopic (exact) mass is 335 g/mol. The summed E-state index contributed by atoms with van der Waals surface area (Å²) in [4.78, 5) is 23.1. The Labute approximate surface area is 139 Å². The molecule has 2 aromatic rings. The van der Waals surface area contributed by atoms with Gasteiger partial charge in [0.05, 0.1) is 12.2 Å². The third-order valence-electron chi connectivity index (χ3n) is 3.41. The highest BCUT2D eigenvalue weighted by molar-refractivity contribution is 6.32. The number of nitrogens with two attached hydrogens (primary N) is 1. The van der Waals surface area contributed by atoms with Gasteiger partial charge in [0, 0.05) is 0 Å². The third-order valence-corrected chi connectivity index (χ3v) is 3.79. The lowest BCUT2D eigenvalue weighted by Crippen LogP contribution is -2.30. The minimum atomic E-state index is -1.03. The summed E-state index contributed by atoms with van der Waals surface area (Å²) in [5, 5.41) is 4.44. The zero-order chi connectivity index (χ0) is 17.1. The minimum absolute atomic E-state index is 0.145. The molecule has 0 unspecified atom stereocenters. The molecule has 0 radical (unpaired) electrons. The zero-order valence-electron chi connectivity index (χ0n) is 13.2. The van der Waals surface area contributed by atoms with Gasteiger partial charge >= 0.3 is 5.97 Å². The molecular weight excluding hydrogens is 318 g/mol. The summed E-state index contributed by atoms with van der Waals surface area (Å²) in [5.74, 6) is -1.44. The molecule has 1 amide bonds. The lowest BCUT2D eigenvalue weighted by atomic mass is 10.1. The van der Waals surface area contributed by atoms with Gasteiger partial charge in [-0.05, 0) is 26.3 Å². The molecule has 2 rings (SSSR count). The fourth-order valence-corrected chi connectivity index (χ4v) is 2.35. The predicted octanol–water partition coefficient (Wildman–Crippen LogP) is 2.23. The molecule has 1 heterocycles. The van der Waals surface area contributed by atoms with Crippen molar-refractivity contribution in [3.8, 4) is 0 Å². The van der Waals surface area contributed by atoms with Crippen LogP contribution in [0.5, 0.6) is 0 Å². The summed E-state index contributed by atoms with van der Waals surface area (Å²) in [6.07, 6.45) is -1.03. The first-order valence-electron chi connectivity index (χ1n) is 7.08. The maximum atomic E-state index is 12.1. The molecule has 1 aromatic carbocycles. The fourth-order valence-electron chi connectivity index (χ4n) is 2.03. The number of halogens is 1. The molecule has 1 atom stereocenters. The summed E-state index contributed by atoms with van der Waals surface area (Å²) in [6, 6.07) is 7.91. The summed E-state index contributed by atoms with van der Waals surface area (Å²) in [6.45, 7) is 5.49. The van der Waals surface area contributed by atoms with Crippen molar-refractivity contribution in [1.82, 2.24) is 9.78 Å². The number of hydrogen-bond donors (Lipinski definition) is 1. The molecule has 6 nitrogen and oxygen atoms in total. The van der Waals surface area contributed by atoms with Crippen molar-refractivity contribution in [2.45, 2.75) is 33.4 Å². The van der Waals surface area contributed by atoms with Gasteiger partial charge in [0.1, 0.15) is 10.7 Å².